The monoisotopic (exact) mass is 242 g/mol. The largest absolute Gasteiger partial charge is 0.480 e. The van der Waals surface area contributed by atoms with E-state index in [2.05, 4.69) is 4.98 Å². The molecule has 7 heteroatoms. The normalized spacial score (nSPS) is 12.1. The molecule has 1 heterocycles. The van der Waals surface area contributed by atoms with Crippen molar-refractivity contribution in [3.8, 4) is 0 Å². The molecule has 0 bridgehead atoms. The van der Waals surface area contributed by atoms with Crippen LogP contribution in [0.4, 0.5) is 5.82 Å². The summed E-state index contributed by atoms with van der Waals surface area (Å²) in [4.78, 5) is 24.7. The molecule has 1 unspecified atom stereocenters. The fraction of sp³-hybridized carbons (Fsp3) is 0.333. The van der Waals surface area contributed by atoms with Gasteiger partial charge in [0.2, 0.25) is 0 Å². The van der Waals surface area contributed by atoms with Gasteiger partial charge in [-0.1, -0.05) is 6.92 Å². The lowest BCUT2D eigenvalue weighted by Crippen LogP contribution is -2.14. The molecule has 0 aliphatic rings. The molecule has 1 rings (SSSR count). The number of hydrogen-bond acceptors (Lipinski definition) is 5. The number of nitro groups is 1. The first-order valence-electron chi connectivity index (χ1n) is 4.54. The third-order valence-electron chi connectivity index (χ3n) is 1.83. The number of carboxylic acid groups (broad SMARTS) is 1. The van der Waals surface area contributed by atoms with Crippen molar-refractivity contribution in [2.75, 3.05) is 0 Å². The Labute approximate surface area is 95.8 Å². The van der Waals surface area contributed by atoms with Crippen LogP contribution < -0.4 is 0 Å². The lowest BCUT2D eigenvalue weighted by molar-refractivity contribution is -0.389. The Morgan fingerprint density at radius 3 is 2.75 bits per heavy atom. The van der Waals surface area contributed by atoms with Gasteiger partial charge in [-0.3, -0.25) is 4.79 Å². The van der Waals surface area contributed by atoms with Crippen LogP contribution >= 0.6 is 11.8 Å². The van der Waals surface area contributed by atoms with Crippen molar-refractivity contribution < 1.29 is 14.8 Å². The van der Waals surface area contributed by atoms with Crippen LogP contribution in [0.5, 0.6) is 0 Å². The van der Waals surface area contributed by atoms with Crippen molar-refractivity contribution in [1.29, 1.82) is 0 Å². The number of hydrogen-bond donors (Lipinski definition) is 1. The number of carbonyl (C=O) groups is 1. The summed E-state index contributed by atoms with van der Waals surface area (Å²) < 4.78 is 0. The van der Waals surface area contributed by atoms with Gasteiger partial charge >= 0.3 is 11.8 Å². The number of aliphatic carboxylic acids is 1. The molecule has 0 saturated carbocycles. The van der Waals surface area contributed by atoms with Gasteiger partial charge in [0.15, 0.2) is 6.20 Å². The summed E-state index contributed by atoms with van der Waals surface area (Å²) in [5.41, 5.74) is 0. The van der Waals surface area contributed by atoms with E-state index >= 15 is 0 Å². The molecule has 6 nitrogen and oxygen atoms in total. The van der Waals surface area contributed by atoms with Crippen LogP contribution in [-0.4, -0.2) is 26.2 Å². The smallest absolute Gasteiger partial charge is 0.363 e. The summed E-state index contributed by atoms with van der Waals surface area (Å²) >= 11 is 1.13. The third-order valence-corrected chi connectivity index (χ3v) is 3.17. The molecule has 1 aromatic heterocycles. The van der Waals surface area contributed by atoms with E-state index in [1.54, 1.807) is 6.92 Å². The van der Waals surface area contributed by atoms with E-state index in [1.807, 2.05) is 0 Å². The first-order chi connectivity index (χ1) is 7.54. The first kappa shape index (κ1) is 12.4. The number of rotatable bonds is 5. The van der Waals surface area contributed by atoms with E-state index in [1.165, 1.54) is 18.3 Å². The van der Waals surface area contributed by atoms with Gasteiger partial charge < -0.3 is 15.2 Å². The lowest BCUT2D eigenvalue weighted by Gasteiger charge is -2.07. The van der Waals surface area contributed by atoms with Crippen molar-refractivity contribution >= 4 is 23.5 Å². The molecule has 86 valence electrons. The van der Waals surface area contributed by atoms with Gasteiger partial charge in [-0.25, -0.2) is 0 Å². The minimum absolute atomic E-state index is 0.243. The van der Waals surface area contributed by atoms with Crippen LogP contribution in [0.2, 0.25) is 0 Å². The van der Waals surface area contributed by atoms with E-state index in [0.29, 0.717) is 11.3 Å². The zero-order chi connectivity index (χ0) is 12.1. The quantitative estimate of drug-likeness (QED) is 0.482. The Morgan fingerprint density at radius 1 is 1.69 bits per heavy atom. The van der Waals surface area contributed by atoms with Gasteiger partial charge in [0, 0.05) is 6.07 Å². The molecule has 0 aromatic carbocycles. The zero-order valence-electron chi connectivity index (χ0n) is 8.49. The lowest BCUT2D eigenvalue weighted by atomic mass is 10.3. The molecular weight excluding hydrogens is 232 g/mol. The Bertz CT molecular complexity index is 393. The minimum Gasteiger partial charge on any atom is -0.480 e. The summed E-state index contributed by atoms with van der Waals surface area (Å²) in [6.45, 7) is 1.77. The van der Waals surface area contributed by atoms with Gasteiger partial charge in [-0.05, 0) is 22.4 Å². The summed E-state index contributed by atoms with van der Waals surface area (Å²) in [7, 11) is 0. The first-order valence-corrected chi connectivity index (χ1v) is 5.42. The predicted molar refractivity (Wildman–Crippen MR) is 58.5 cm³/mol. The third kappa shape index (κ3) is 3.20. The highest BCUT2D eigenvalue weighted by Gasteiger charge is 2.17. The van der Waals surface area contributed by atoms with E-state index in [-0.39, 0.29) is 5.82 Å². The maximum absolute atomic E-state index is 10.8. The molecular formula is C9H10N2O4S. The number of thioether (sulfide) groups is 1. The summed E-state index contributed by atoms with van der Waals surface area (Å²) in [6, 6.07) is 2.76. The van der Waals surface area contributed by atoms with Crippen LogP contribution in [0.15, 0.2) is 23.2 Å². The zero-order valence-corrected chi connectivity index (χ0v) is 9.31. The van der Waals surface area contributed by atoms with Crippen LogP contribution in [0.1, 0.15) is 13.3 Å². The Morgan fingerprint density at radius 2 is 2.38 bits per heavy atom. The van der Waals surface area contributed by atoms with Gasteiger partial charge in [0.1, 0.15) is 5.25 Å². The average Bonchev–Trinajstić information content (AvgIpc) is 2.26. The van der Waals surface area contributed by atoms with Crippen molar-refractivity contribution in [3.63, 3.8) is 0 Å². The second kappa shape index (κ2) is 5.45. The predicted octanol–water partition coefficient (Wildman–Crippen LogP) is 1.95. The standard InChI is InChI=1S/C9H10N2O4S/c1-2-7(9(12)13)16-6-3-4-8(10-5-6)11(14)15/h3-5,7H,2H2,1H3,(H,12,13). The Kier molecular flexibility index (Phi) is 4.24. The minimum atomic E-state index is -0.897. The van der Waals surface area contributed by atoms with Gasteiger partial charge in [-0.2, -0.15) is 0 Å². The molecule has 0 aliphatic heterocycles. The molecule has 0 fully saturated rings. The van der Waals surface area contributed by atoms with Gasteiger partial charge in [-0.15, -0.1) is 11.8 Å². The molecule has 0 saturated heterocycles. The highest BCUT2D eigenvalue weighted by Crippen LogP contribution is 2.25. The van der Waals surface area contributed by atoms with Crippen molar-refractivity contribution in [2.24, 2.45) is 0 Å². The Balaban J connectivity index is 2.75. The molecule has 1 aromatic rings. The van der Waals surface area contributed by atoms with E-state index in [4.69, 9.17) is 5.11 Å². The van der Waals surface area contributed by atoms with Crippen molar-refractivity contribution in [2.45, 2.75) is 23.5 Å². The van der Waals surface area contributed by atoms with E-state index in [9.17, 15) is 14.9 Å². The number of nitrogens with zero attached hydrogens (tertiary/aromatic N) is 2. The second-order valence-corrected chi connectivity index (χ2v) is 4.24. The SMILES string of the molecule is CCC(Sc1ccc([N+](=O)[O-])nc1)C(=O)O. The topological polar surface area (TPSA) is 93.3 Å². The Hall–Kier alpha value is -1.63. The fourth-order valence-corrected chi connectivity index (χ4v) is 1.88. The molecule has 16 heavy (non-hydrogen) atoms. The molecule has 0 amide bonds. The number of pyridine rings is 1. The summed E-state index contributed by atoms with van der Waals surface area (Å²) in [5.74, 6) is -1.14. The summed E-state index contributed by atoms with van der Waals surface area (Å²) in [5, 5.41) is 18.6. The highest BCUT2D eigenvalue weighted by molar-refractivity contribution is 8.00. The maximum atomic E-state index is 10.8. The van der Waals surface area contributed by atoms with Crippen LogP contribution in [0, 0.1) is 10.1 Å². The molecule has 1 N–H and O–H groups in total. The number of carboxylic acids is 1. The van der Waals surface area contributed by atoms with Crippen molar-refractivity contribution in [1.82, 2.24) is 4.98 Å². The van der Waals surface area contributed by atoms with Gasteiger partial charge in [0.25, 0.3) is 0 Å². The molecule has 0 radical (unpaired) electrons. The summed E-state index contributed by atoms with van der Waals surface area (Å²) in [6.07, 6.45) is 1.80. The average molecular weight is 242 g/mol. The van der Waals surface area contributed by atoms with Crippen LogP contribution in [-0.2, 0) is 4.79 Å². The fourth-order valence-electron chi connectivity index (χ4n) is 1.02. The van der Waals surface area contributed by atoms with Crippen LogP contribution in [0.3, 0.4) is 0 Å². The molecule has 0 aliphatic carbocycles. The van der Waals surface area contributed by atoms with Gasteiger partial charge in [0.05, 0.1) is 4.90 Å². The molecule has 0 spiro atoms. The van der Waals surface area contributed by atoms with Crippen LogP contribution in [0.25, 0.3) is 0 Å². The van der Waals surface area contributed by atoms with E-state index < -0.39 is 16.1 Å². The van der Waals surface area contributed by atoms with E-state index in [0.717, 1.165) is 11.8 Å². The van der Waals surface area contributed by atoms with Crippen molar-refractivity contribution in [3.05, 3.63) is 28.4 Å². The molecule has 1 atom stereocenters. The number of aromatic nitrogens is 1. The highest BCUT2D eigenvalue weighted by atomic mass is 32.2. The maximum Gasteiger partial charge on any atom is 0.363 e. The second-order valence-electron chi connectivity index (χ2n) is 2.96.